The molecule has 23 heavy (non-hydrogen) atoms. The topological polar surface area (TPSA) is 58.1 Å². The number of amides is 1. The predicted octanol–water partition coefficient (Wildman–Crippen LogP) is 4.01. The van der Waals surface area contributed by atoms with Gasteiger partial charge in [-0.2, -0.15) is 4.98 Å². The maximum absolute atomic E-state index is 12.7. The summed E-state index contributed by atoms with van der Waals surface area (Å²) < 4.78 is 12.7. The quantitative estimate of drug-likeness (QED) is 0.842. The van der Waals surface area contributed by atoms with Gasteiger partial charge < -0.3 is 10.2 Å². The molecule has 1 aromatic carbocycles. The minimum atomic E-state index is -0.583. The Balaban J connectivity index is 2.01. The summed E-state index contributed by atoms with van der Waals surface area (Å²) in [6.45, 7) is 1.35. The van der Waals surface area contributed by atoms with Crippen LogP contribution in [-0.2, 0) is 0 Å². The van der Waals surface area contributed by atoms with Gasteiger partial charge in [-0.25, -0.2) is 9.37 Å². The van der Waals surface area contributed by atoms with Gasteiger partial charge in [0, 0.05) is 6.54 Å². The van der Waals surface area contributed by atoms with Crippen LogP contribution in [0.15, 0.2) is 24.4 Å². The molecule has 5 nitrogen and oxygen atoms in total. The smallest absolute Gasteiger partial charge is 0.256 e. The van der Waals surface area contributed by atoms with Gasteiger partial charge in [0.15, 0.2) is 5.82 Å². The fourth-order valence-electron chi connectivity index (χ4n) is 2.70. The first-order chi connectivity index (χ1) is 11.0. The van der Waals surface area contributed by atoms with Gasteiger partial charge in [-0.3, -0.25) is 4.79 Å². The molecule has 1 unspecified atom stereocenters. The van der Waals surface area contributed by atoms with Crippen LogP contribution < -0.4 is 5.32 Å². The van der Waals surface area contributed by atoms with Gasteiger partial charge in [-0.15, -0.1) is 0 Å². The summed E-state index contributed by atoms with van der Waals surface area (Å²) in [7, 11) is 0. The van der Waals surface area contributed by atoms with Crippen molar-refractivity contribution in [2.45, 2.75) is 13.0 Å². The molecule has 0 aliphatic carbocycles. The van der Waals surface area contributed by atoms with Crippen LogP contribution in [0.2, 0.25) is 10.3 Å². The number of carbonyl (C=O) groups excluding carboxylic acids is 1. The second kappa shape index (κ2) is 6.29. The lowest BCUT2D eigenvalue weighted by atomic mass is 10.0. The maximum atomic E-state index is 12.7. The van der Waals surface area contributed by atoms with E-state index in [4.69, 9.17) is 23.2 Å². The van der Waals surface area contributed by atoms with Gasteiger partial charge in [-0.05, 0) is 30.2 Å². The van der Waals surface area contributed by atoms with Crippen LogP contribution in [0, 0.1) is 0 Å². The molecule has 1 aromatic heterocycles. The van der Waals surface area contributed by atoms with Crippen molar-refractivity contribution in [1.82, 2.24) is 14.9 Å². The average Bonchev–Trinajstić information content (AvgIpc) is 2.77. The number of rotatable bonds is 4. The molecule has 1 atom stereocenters. The number of fused-ring (bicyclic) bond motifs is 1. The lowest BCUT2D eigenvalue weighted by Crippen LogP contribution is -2.28. The highest BCUT2D eigenvalue weighted by atomic mass is 35.5. The Bertz CT molecular complexity index is 771. The number of benzene rings is 1. The molecule has 2 heterocycles. The number of nitrogens with zero attached hydrogens (tertiary/aromatic N) is 3. The first-order valence-corrected chi connectivity index (χ1v) is 7.73. The number of halogens is 3. The monoisotopic (exact) mass is 354 g/mol. The normalized spacial score (nSPS) is 16.6. The van der Waals surface area contributed by atoms with Crippen LogP contribution in [0.3, 0.4) is 0 Å². The van der Waals surface area contributed by atoms with Gasteiger partial charge >= 0.3 is 0 Å². The molecule has 1 amide bonds. The van der Waals surface area contributed by atoms with Crippen LogP contribution >= 0.6 is 23.2 Å². The van der Waals surface area contributed by atoms with E-state index in [9.17, 15) is 9.18 Å². The molecule has 0 spiro atoms. The molecule has 0 bridgehead atoms. The number of aromatic nitrogens is 2. The Labute approximate surface area is 142 Å². The highest BCUT2D eigenvalue weighted by molar-refractivity contribution is 6.33. The van der Waals surface area contributed by atoms with Gasteiger partial charge in [0.25, 0.3) is 5.91 Å². The summed E-state index contributed by atoms with van der Waals surface area (Å²) in [5.41, 5.74) is 1.89. The van der Waals surface area contributed by atoms with Crippen molar-refractivity contribution in [2.24, 2.45) is 0 Å². The molecule has 2 aromatic rings. The molecule has 0 saturated carbocycles. The van der Waals surface area contributed by atoms with E-state index in [1.807, 2.05) is 19.1 Å². The van der Waals surface area contributed by atoms with E-state index in [0.29, 0.717) is 17.1 Å². The maximum Gasteiger partial charge on any atom is 0.256 e. The highest BCUT2D eigenvalue weighted by Gasteiger charge is 2.35. The SMILES string of the molecule is CC1c2cccc(Nc3nc(Cl)ncc3Cl)c2C(=O)N1CCF. The molecule has 0 saturated heterocycles. The summed E-state index contributed by atoms with van der Waals surface area (Å²) in [5, 5.41) is 3.35. The van der Waals surface area contributed by atoms with Crippen molar-refractivity contribution in [1.29, 1.82) is 0 Å². The molecule has 1 aliphatic heterocycles. The second-order valence-corrected chi connectivity index (χ2v) is 5.84. The van der Waals surface area contributed by atoms with Crippen molar-refractivity contribution in [2.75, 3.05) is 18.5 Å². The zero-order chi connectivity index (χ0) is 16.6. The molecule has 120 valence electrons. The minimum Gasteiger partial charge on any atom is -0.338 e. The molecule has 1 N–H and O–H groups in total. The minimum absolute atomic E-state index is 0.0447. The van der Waals surface area contributed by atoms with Gasteiger partial charge in [0.1, 0.15) is 11.7 Å². The van der Waals surface area contributed by atoms with Gasteiger partial charge in [0.05, 0.1) is 23.5 Å². The van der Waals surface area contributed by atoms with Gasteiger partial charge in [-0.1, -0.05) is 23.7 Å². The first-order valence-electron chi connectivity index (χ1n) is 6.98. The van der Waals surface area contributed by atoms with Crippen LogP contribution in [-0.4, -0.2) is 34.0 Å². The van der Waals surface area contributed by atoms with Gasteiger partial charge in [0.2, 0.25) is 5.28 Å². The van der Waals surface area contributed by atoms with Crippen molar-refractivity contribution in [3.8, 4) is 0 Å². The molecule has 3 rings (SSSR count). The first kappa shape index (κ1) is 16.0. The third-order valence-corrected chi connectivity index (χ3v) is 4.24. The Morgan fingerprint density at radius 3 is 2.91 bits per heavy atom. The van der Waals surface area contributed by atoms with E-state index in [0.717, 1.165) is 5.56 Å². The lowest BCUT2D eigenvalue weighted by molar-refractivity contribution is 0.0725. The Hall–Kier alpha value is -1.92. The number of hydrogen-bond donors (Lipinski definition) is 1. The van der Waals surface area contributed by atoms with Crippen molar-refractivity contribution in [3.05, 3.63) is 45.8 Å². The van der Waals surface area contributed by atoms with Crippen LogP contribution in [0.25, 0.3) is 0 Å². The van der Waals surface area contributed by atoms with Crippen LogP contribution in [0.4, 0.5) is 15.9 Å². The zero-order valence-corrected chi connectivity index (χ0v) is 13.7. The summed E-state index contributed by atoms with van der Waals surface area (Å²) in [5.74, 6) is 0.0917. The zero-order valence-electron chi connectivity index (χ0n) is 12.2. The van der Waals surface area contributed by atoms with Crippen molar-refractivity contribution < 1.29 is 9.18 Å². The van der Waals surface area contributed by atoms with E-state index < -0.39 is 6.67 Å². The molecular weight excluding hydrogens is 342 g/mol. The average molecular weight is 355 g/mol. The number of carbonyl (C=O) groups is 1. The molecular formula is C15H13Cl2FN4O. The Morgan fingerprint density at radius 2 is 2.17 bits per heavy atom. The summed E-state index contributed by atoms with van der Waals surface area (Å²) in [4.78, 5) is 21.9. The largest absolute Gasteiger partial charge is 0.338 e. The van der Waals surface area contributed by atoms with E-state index in [1.165, 1.54) is 11.1 Å². The summed E-state index contributed by atoms with van der Waals surface area (Å²) in [6.07, 6.45) is 1.38. The van der Waals surface area contributed by atoms with E-state index in [-0.39, 0.29) is 28.8 Å². The molecule has 8 heteroatoms. The molecule has 1 aliphatic rings. The fourth-order valence-corrected chi connectivity index (χ4v) is 2.97. The second-order valence-electron chi connectivity index (χ2n) is 5.09. The number of anilines is 2. The van der Waals surface area contributed by atoms with E-state index >= 15 is 0 Å². The standard InChI is InChI=1S/C15H13Cl2FN4O/c1-8-9-3-2-4-11(12(9)14(23)22(8)6-5-18)20-13-10(16)7-19-15(17)21-13/h2-4,7-8H,5-6H2,1H3,(H,19,20,21). The third-order valence-electron chi connectivity index (χ3n) is 3.78. The third kappa shape index (κ3) is 2.84. The van der Waals surface area contributed by atoms with E-state index in [1.54, 1.807) is 6.07 Å². The fraction of sp³-hybridized carbons (Fsp3) is 0.267. The number of nitrogens with one attached hydrogen (secondary N) is 1. The van der Waals surface area contributed by atoms with E-state index in [2.05, 4.69) is 15.3 Å². The van der Waals surface area contributed by atoms with Crippen LogP contribution in [0.1, 0.15) is 28.9 Å². The summed E-state index contributed by atoms with van der Waals surface area (Å²) >= 11 is 11.8. The molecule has 0 radical (unpaired) electrons. The van der Waals surface area contributed by atoms with Crippen molar-refractivity contribution in [3.63, 3.8) is 0 Å². The lowest BCUT2D eigenvalue weighted by Gasteiger charge is -2.20. The Kier molecular flexibility index (Phi) is 4.37. The summed E-state index contributed by atoms with van der Waals surface area (Å²) in [6, 6.07) is 5.24. The number of alkyl halides is 1. The van der Waals surface area contributed by atoms with Crippen molar-refractivity contribution >= 4 is 40.6 Å². The highest BCUT2D eigenvalue weighted by Crippen LogP contribution is 2.38. The predicted molar refractivity (Wildman–Crippen MR) is 87.2 cm³/mol. The molecule has 0 fully saturated rings. The Morgan fingerprint density at radius 1 is 1.39 bits per heavy atom. The number of hydrogen-bond acceptors (Lipinski definition) is 4. The van der Waals surface area contributed by atoms with Crippen LogP contribution in [0.5, 0.6) is 0 Å².